The van der Waals surface area contributed by atoms with Gasteiger partial charge in [-0.25, -0.2) is 19.5 Å². The van der Waals surface area contributed by atoms with Crippen LogP contribution in [0.1, 0.15) is 23.4 Å². The van der Waals surface area contributed by atoms with Crippen molar-refractivity contribution < 1.29 is 9.53 Å². The number of carbonyl (C=O) groups excluding carboxylic acids is 1. The van der Waals surface area contributed by atoms with Gasteiger partial charge < -0.3 is 15.0 Å². The molecular formula is C30H27N7O2. The van der Waals surface area contributed by atoms with Crippen LogP contribution in [0, 0.1) is 13.8 Å². The third-order valence-electron chi connectivity index (χ3n) is 6.73. The van der Waals surface area contributed by atoms with Gasteiger partial charge in [-0.2, -0.15) is 5.10 Å². The lowest BCUT2D eigenvalue weighted by Gasteiger charge is -2.25. The van der Waals surface area contributed by atoms with Crippen LogP contribution in [-0.2, 0) is 4.79 Å². The number of amides is 1. The third-order valence-corrected chi connectivity index (χ3v) is 6.73. The van der Waals surface area contributed by atoms with E-state index in [-0.39, 0.29) is 5.91 Å². The zero-order valence-corrected chi connectivity index (χ0v) is 21.8. The first-order chi connectivity index (χ1) is 19.0. The molecule has 6 rings (SSSR count). The molecule has 0 atom stereocenters. The average Bonchev–Trinajstić information content (AvgIpc) is 3.33. The zero-order valence-electron chi connectivity index (χ0n) is 21.8. The van der Waals surface area contributed by atoms with Gasteiger partial charge in [0.2, 0.25) is 5.91 Å². The Morgan fingerprint density at radius 2 is 2.00 bits per heavy atom. The molecule has 0 bridgehead atoms. The van der Waals surface area contributed by atoms with Crippen molar-refractivity contribution in [1.29, 1.82) is 0 Å². The van der Waals surface area contributed by atoms with Crippen LogP contribution in [0.3, 0.4) is 0 Å². The Labute approximate surface area is 225 Å². The van der Waals surface area contributed by atoms with E-state index in [1.165, 1.54) is 12.4 Å². The summed E-state index contributed by atoms with van der Waals surface area (Å²) in [5.74, 6) is 2.08. The van der Waals surface area contributed by atoms with Crippen molar-refractivity contribution in [3.63, 3.8) is 0 Å². The first-order valence-electron chi connectivity index (χ1n) is 12.7. The summed E-state index contributed by atoms with van der Waals surface area (Å²) in [5.41, 5.74) is 7.17. The molecule has 1 N–H and O–H groups in total. The molecular weight excluding hydrogens is 490 g/mol. The molecule has 0 spiro atoms. The van der Waals surface area contributed by atoms with E-state index in [1.54, 1.807) is 4.90 Å². The molecule has 0 unspecified atom stereocenters. The molecule has 0 saturated carbocycles. The molecule has 39 heavy (non-hydrogen) atoms. The largest absolute Gasteiger partial charge is 0.457 e. The Hall–Kier alpha value is -5.05. The third kappa shape index (κ3) is 4.94. The second kappa shape index (κ2) is 10.0. The van der Waals surface area contributed by atoms with Crippen LogP contribution < -0.4 is 10.1 Å². The van der Waals surface area contributed by atoms with E-state index in [9.17, 15) is 4.79 Å². The van der Waals surface area contributed by atoms with Crippen LogP contribution >= 0.6 is 0 Å². The molecule has 4 aromatic heterocycles. The molecule has 5 aromatic rings. The molecule has 194 valence electrons. The van der Waals surface area contributed by atoms with Crippen molar-refractivity contribution in [1.82, 2.24) is 29.5 Å². The Bertz CT molecular complexity index is 1770. The minimum Gasteiger partial charge on any atom is -0.457 e. The van der Waals surface area contributed by atoms with Crippen molar-refractivity contribution in [3.8, 4) is 11.5 Å². The summed E-state index contributed by atoms with van der Waals surface area (Å²) in [6.45, 7) is 8.73. The number of aromatic nitrogens is 5. The molecule has 1 aliphatic rings. The molecule has 0 saturated heterocycles. The van der Waals surface area contributed by atoms with Crippen LogP contribution in [0.4, 0.5) is 11.5 Å². The summed E-state index contributed by atoms with van der Waals surface area (Å²) >= 11 is 0. The molecule has 0 fully saturated rings. The van der Waals surface area contributed by atoms with Crippen molar-refractivity contribution in [3.05, 3.63) is 96.7 Å². The van der Waals surface area contributed by atoms with Gasteiger partial charge in [-0.05, 0) is 79.9 Å². The fourth-order valence-electron chi connectivity index (χ4n) is 4.71. The predicted molar refractivity (Wildman–Crippen MR) is 151 cm³/mol. The highest BCUT2D eigenvalue weighted by Crippen LogP contribution is 2.31. The number of hydrogen-bond donors (Lipinski definition) is 1. The van der Waals surface area contributed by atoms with Gasteiger partial charge in [0.25, 0.3) is 0 Å². The highest BCUT2D eigenvalue weighted by atomic mass is 16.5. The maximum absolute atomic E-state index is 11.9. The van der Waals surface area contributed by atoms with Gasteiger partial charge in [0, 0.05) is 31.0 Å². The summed E-state index contributed by atoms with van der Waals surface area (Å²) < 4.78 is 8.00. The molecule has 1 aliphatic heterocycles. The van der Waals surface area contributed by atoms with Crippen molar-refractivity contribution in [2.24, 2.45) is 0 Å². The minimum atomic E-state index is -0.0576. The van der Waals surface area contributed by atoms with Gasteiger partial charge in [0.15, 0.2) is 5.82 Å². The van der Waals surface area contributed by atoms with E-state index in [2.05, 4.69) is 27.0 Å². The van der Waals surface area contributed by atoms with Crippen molar-refractivity contribution in [2.45, 2.75) is 20.3 Å². The number of nitrogens with zero attached hydrogens (tertiary/aromatic N) is 6. The van der Waals surface area contributed by atoms with Gasteiger partial charge >= 0.3 is 0 Å². The number of anilines is 2. The summed E-state index contributed by atoms with van der Waals surface area (Å²) in [5, 5.41) is 7.81. The number of fused-ring (bicyclic) bond motifs is 2. The summed E-state index contributed by atoms with van der Waals surface area (Å²) in [6, 6.07) is 15.7. The van der Waals surface area contributed by atoms with E-state index in [0.717, 1.165) is 57.2 Å². The first kappa shape index (κ1) is 24.3. The molecule has 5 heterocycles. The van der Waals surface area contributed by atoms with Crippen LogP contribution in [0.2, 0.25) is 0 Å². The predicted octanol–water partition coefficient (Wildman–Crippen LogP) is 5.63. The van der Waals surface area contributed by atoms with E-state index in [1.807, 2.05) is 79.2 Å². The summed E-state index contributed by atoms with van der Waals surface area (Å²) in [7, 11) is 0. The molecule has 1 aromatic carbocycles. The fraction of sp³-hybridized carbons (Fsp3) is 0.167. The second-order valence-electron chi connectivity index (χ2n) is 9.48. The zero-order chi connectivity index (χ0) is 26.9. The number of nitrogens with one attached hydrogen (secondary N) is 1. The first-order valence-corrected chi connectivity index (χ1v) is 12.7. The summed E-state index contributed by atoms with van der Waals surface area (Å²) in [6.07, 6.45) is 7.55. The molecule has 0 radical (unpaired) electrons. The number of benzene rings is 1. The lowest BCUT2D eigenvalue weighted by Crippen LogP contribution is -2.33. The topological polar surface area (TPSA) is 97.5 Å². The maximum Gasteiger partial charge on any atom is 0.246 e. The number of pyridine rings is 2. The number of hydrogen-bond acceptors (Lipinski definition) is 7. The van der Waals surface area contributed by atoms with Gasteiger partial charge in [-0.15, -0.1) is 0 Å². The standard InChI is InChI=1S/C30H27N7O2/c1-4-28(38)36-12-9-21(10-13-36)25-6-7-26-29(34-25)30(32-18-31-26)33-22-5-8-27(19(2)15-22)39-24-11-14-37-23(17-24)16-20(3)35-37/h4-9,11,14-18H,1,10,12-13H2,2-3H3,(H,31,32,33). The molecule has 1 amide bonds. The van der Waals surface area contributed by atoms with Crippen molar-refractivity contribution >= 4 is 39.5 Å². The second-order valence-corrected chi connectivity index (χ2v) is 9.48. The Balaban J connectivity index is 1.23. The van der Waals surface area contributed by atoms with Crippen LogP contribution in [0.15, 0.2) is 79.8 Å². The highest BCUT2D eigenvalue weighted by molar-refractivity contribution is 5.89. The number of rotatable bonds is 6. The van der Waals surface area contributed by atoms with E-state index < -0.39 is 0 Å². The highest BCUT2D eigenvalue weighted by Gasteiger charge is 2.17. The smallest absolute Gasteiger partial charge is 0.246 e. The number of ether oxygens (including phenoxy) is 1. The number of aryl methyl sites for hydroxylation is 2. The minimum absolute atomic E-state index is 0.0576. The Kier molecular flexibility index (Phi) is 6.24. The van der Waals surface area contributed by atoms with Gasteiger partial charge in [0.05, 0.1) is 22.4 Å². The SMILES string of the molecule is C=CC(=O)N1CC=C(c2ccc3ncnc(Nc4ccc(Oc5ccn6nc(C)cc6c5)c(C)c4)c3n2)CC1. The van der Waals surface area contributed by atoms with Gasteiger partial charge in [0.1, 0.15) is 23.3 Å². The van der Waals surface area contributed by atoms with Gasteiger partial charge in [-0.1, -0.05) is 12.7 Å². The van der Waals surface area contributed by atoms with Gasteiger partial charge in [-0.3, -0.25) is 4.79 Å². The maximum atomic E-state index is 11.9. The van der Waals surface area contributed by atoms with Crippen LogP contribution in [0.25, 0.3) is 22.1 Å². The van der Waals surface area contributed by atoms with Crippen LogP contribution in [-0.4, -0.2) is 48.5 Å². The normalized spacial score (nSPS) is 13.4. The molecule has 0 aliphatic carbocycles. The van der Waals surface area contributed by atoms with Crippen molar-refractivity contribution in [2.75, 3.05) is 18.4 Å². The molecule has 9 heteroatoms. The number of carbonyl (C=O) groups is 1. The Morgan fingerprint density at radius 1 is 1.10 bits per heavy atom. The van der Waals surface area contributed by atoms with Crippen LogP contribution in [0.5, 0.6) is 11.5 Å². The Morgan fingerprint density at radius 3 is 2.79 bits per heavy atom. The van der Waals surface area contributed by atoms with E-state index >= 15 is 0 Å². The molecule has 9 nitrogen and oxygen atoms in total. The lowest BCUT2D eigenvalue weighted by atomic mass is 10.0. The monoisotopic (exact) mass is 517 g/mol. The fourth-order valence-corrected chi connectivity index (χ4v) is 4.71. The van der Waals surface area contributed by atoms with E-state index in [0.29, 0.717) is 24.4 Å². The lowest BCUT2D eigenvalue weighted by molar-refractivity contribution is -0.125. The summed E-state index contributed by atoms with van der Waals surface area (Å²) in [4.78, 5) is 27.4. The quantitative estimate of drug-likeness (QED) is 0.292. The average molecular weight is 518 g/mol. The van der Waals surface area contributed by atoms with E-state index in [4.69, 9.17) is 9.72 Å².